The summed E-state index contributed by atoms with van der Waals surface area (Å²) < 4.78 is 1.91. The molecule has 5 aromatic carbocycles. The highest BCUT2D eigenvalue weighted by atomic mass is 16.4. The van der Waals surface area contributed by atoms with Crippen LogP contribution < -0.4 is 5.32 Å². The molecule has 7 rings (SSSR count). The molecule has 200 valence electrons. The molecule has 41 heavy (non-hydrogen) atoms. The van der Waals surface area contributed by atoms with Gasteiger partial charge in [0.25, 0.3) is 5.91 Å². The lowest BCUT2D eigenvalue weighted by Crippen LogP contribution is -2.35. The van der Waals surface area contributed by atoms with Crippen molar-refractivity contribution < 1.29 is 14.7 Å². The first kappa shape index (κ1) is 24.8. The van der Waals surface area contributed by atoms with Gasteiger partial charge in [0.2, 0.25) is 0 Å². The third-order valence-corrected chi connectivity index (χ3v) is 8.02. The second-order valence-corrected chi connectivity index (χ2v) is 10.7. The molecule has 2 N–H and O–H groups in total. The highest BCUT2D eigenvalue weighted by Crippen LogP contribution is 2.46. The molecule has 1 heterocycles. The summed E-state index contributed by atoms with van der Waals surface area (Å²) in [5, 5.41) is 20.6. The lowest BCUT2D eigenvalue weighted by molar-refractivity contribution is 0.0696. The van der Waals surface area contributed by atoms with E-state index in [0.717, 1.165) is 51.4 Å². The van der Waals surface area contributed by atoms with Gasteiger partial charge in [-0.2, -0.15) is 5.10 Å². The van der Waals surface area contributed by atoms with Gasteiger partial charge >= 0.3 is 5.97 Å². The Bertz CT molecular complexity index is 1940. The van der Waals surface area contributed by atoms with Crippen molar-refractivity contribution in [1.29, 1.82) is 0 Å². The van der Waals surface area contributed by atoms with E-state index in [1.807, 2.05) is 59.4 Å². The predicted octanol–water partition coefficient (Wildman–Crippen LogP) is 7.02. The molecule has 1 aliphatic rings. The number of carboxylic acids is 1. The van der Waals surface area contributed by atoms with Crippen LogP contribution in [0.5, 0.6) is 0 Å². The first-order valence-electron chi connectivity index (χ1n) is 13.7. The molecule has 1 fully saturated rings. The van der Waals surface area contributed by atoms with Crippen molar-refractivity contribution in [3.05, 3.63) is 138 Å². The SMILES string of the molecule is O=C(O)c1ccc(C2(NC(=O)c3cc(-c4ccccc4)cc4cnn(Cc5ccc6ccccc6c5)c34)CC2)cc1. The predicted molar refractivity (Wildman–Crippen MR) is 160 cm³/mol. The molecule has 0 unspecified atom stereocenters. The van der Waals surface area contributed by atoms with E-state index < -0.39 is 11.5 Å². The summed E-state index contributed by atoms with van der Waals surface area (Å²) in [7, 11) is 0. The van der Waals surface area contributed by atoms with Crippen molar-refractivity contribution in [2.75, 3.05) is 0 Å². The van der Waals surface area contributed by atoms with Crippen LogP contribution in [0.4, 0.5) is 0 Å². The molecule has 6 nitrogen and oxygen atoms in total. The summed E-state index contributed by atoms with van der Waals surface area (Å²) in [5.41, 5.74) is 5.05. The number of hydrogen-bond donors (Lipinski definition) is 2. The average Bonchev–Trinajstić information content (AvgIpc) is 3.68. The van der Waals surface area contributed by atoms with E-state index in [4.69, 9.17) is 5.10 Å². The smallest absolute Gasteiger partial charge is 0.335 e. The number of amides is 1. The summed E-state index contributed by atoms with van der Waals surface area (Å²) in [5.74, 6) is -1.14. The summed E-state index contributed by atoms with van der Waals surface area (Å²) >= 11 is 0. The number of aromatic nitrogens is 2. The van der Waals surface area contributed by atoms with Crippen LogP contribution in [0.2, 0.25) is 0 Å². The number of fused-ring (bicyclic) bond motifs is 2. The largest absolute Gasteiger partial charge is 0.478 e. The monoisotopic (exact) mass is 537 g/mol. The molecule has 0 saturated heterocycles. The Balaban J connectivity index is 1.29. The molecular weight excluding hydrogens is 510 g/mol. The number of aromatic carboxylic acids is 1. The van der Waals surface area contributed by atoms with Crippen LogP contribution in [0.25, 0.3) is 32.8 Å². The van der Waals surface area contributed by atoms with Crippen LogP contribution in [0.15, 0.2) is 115 Å². The fourth-order valence-corrected chi connectivity index (χ4v) is 5.66. The first-order valence-corrected chi connectivity index (χ1v) is 13.7. The van der Waals surface area contributed by atoms with Crippen LogP contribution in [0, 0.1) is 0 Å². The number of nitrogens with one attached hydrogen (secondary N) is 1. The van der Waals surface area contributed by atoms with E-state index in [0.29, 0.717) is 12.1 Å². The van der Waals surface area contributed by atoms with Crippen molar-refractivity contribution in [2.45, 2.75) is 24.9 Å². The minimum Gasteiger partial charge on any atom is -0.478 e. The molecule has 0 spiro atoms. The number of benzene rings is 5. The van der Waals surface area contributed by atoms with Crippen molar-refractivity contribution in [2.24, 2.45) is 0 Å². The van der Waals surface area contributed by atoms with Crippen LogP contribution in [0.1, 0.15) is 44.7 Å². The molecule has 1 amide bonds. The Morgan fingerprint density at radius 2 is 1.51 bits per heavy atom. The Hall–Kier alpha value is -5.23. The van der Waals surface area contributed by atoms with Crippen LogP contribution in [-0.4, -0.2) is 26.8 Å². The molecule has 0 atom stereocenters. The van der Waals surface area contributed by atoms with Crippen molar-refractivity contribution in [1.82, 2.24) is 15.1 Å². The van der Waals surface area contributed by atoms with Crippen LogP contribution in [0.3, 0.4) is 0 Å². The minimum atomic E-state index is -0.967. The molecular formula is C35H27N3O3. The second kappa shape index (κ2) is 9.75. The molecule has 0 aliphatic heterocycles. The molecule has 0 radical (unpaired) electrons. The van der Waals surface area contributed by atoms with Gasteiger partial charge in [-0.05, 0) is 76.2 Å². The van der Waals surface area contributed by atoms with Crippen molar-refractivity contribution in [3.63, 3.8) is 0 Å². The normalized spacial score (nSPS) is 13.8. The third kappa shape index (κ3) is 4.63. The zero-order valence-corrected chi connectivity index (χ0v) is 22.2. The third-order valence-electron chi connectivity index (χ3n) is 8.02. The Labute approximate surface area is 236 Å². The maximum atomic E-state index is 14.1. The Kier molecular flexibility index (Phi) is 5.89. The second-order valence-electron chi connectivity index (χ2n) is 10.7. The van der Waals surface area contributed by atoms with Gasteiger partial charge in [0.15, 0.2) is 0 Å². The molecule has 6 heteroatoms. The van der Waals surface area contributed by atoms with Crippen molar-refractivity contribution in [3.8, 4) is 11.1 Å². The standard InChI is InChI=1S/C35H27N3O3/c39-33(37-35(16-17-35)30-14-12-26(13-15-30)34(40)41)31-20-28(24-6-2-1-3-7-24)19-29-21-36-38(32(29)31)22-23-10-11-25-8-4-5-9-27(25)18-23/h1-15,18-21H,16-17,22H2,(H,37,39)(H,40,41). The lowest BCUT2D eigenvalue weighted by Gasteiger charge is -2.19. The lowest BCUT2D eigenvalue weighted by atomic mass is 9.98. The molecule has 1 saturated carbocycles. The van der Waals surface area contributed by atoms with E-state index in [-0.39, 0.29) is 11.5 Å². The van der Waals surface area contributed by atoms with Gasteiger partial charge in [0.1, 0.15) is 0 Å². The van der Waals surface area contributed by atoms with Gasteiger partial charge in [-0.15, -0.1) is 0 Å². The van der Waals surface area contributed by atoms with Gasteiger partial charge < -0.3 is 10.4 Å². The maximum absolute atomic E-state index is 14.1. The molecule has 6 aromatic rings. The Morgan fingerprint density at radius 3 is 2.24 bits per heavy atom. The van der Waals surface area contributed by atoms with Gasteiger partial charge in [0, 0.05) is 5.39 Å². The number of carboxylic acid groups (broad SMARTS) is 1. The zero-order valence-electron chi connectivity index (χ0n) is 22.2. The number of rotatable bonds is 7. The van der Waals surface area contributed by atoms with Crippen LogP contribution >= 0.6 is 0 Å². The summed E-state index contributed by atoms with van der Waals surface area (Å²) in [6, 6.07) is 35.5. The number of hydrogen-bond acceptors (Lipinski definition) is 3. The molecule has 1 aromatic heterocycles. The fraction of sp³-hybridized carbons (Fsp3) is 0.114. The van der Waals surface area contributed by atoms with E-state index in [9.17, 15) is 14.7 Å². The number of carbonyl (C=O) groups is 2. The maximum Gasteiger partial charge on any atom is 0.335 e. The average molecular weight is 538 g/mol. The summed E-state index contributed by atoms with van der Waals surface area (Å²) in [4.78, 5) is 25.4. The number of carbonyl (C=O) groups excluding carboxylic acids is 1. The topological polar surface area (TPSA) is 84.2 Å². The summed E-state index contributed by atoms with van der Waals surface area (Å²) in [6.07, 6.45) is 3.42. The molecule has 1 aliphatic carbocycles. The number of nitrogens with zero attached hydrogens (tertiary/aromatic N) is 2. The fourth-order valence-electron chi connectivity index (χ4n) is 5.66. The zero-order chi connectivity index (χ0) is 28.0. The van der Waals surface area contributed by atoms with E-state index in [1.165, 1.54) is 5.39 Å². The van der Waals surface area contributed by atoms with Gasteiger partial charge in [-0.3, -0.25) is 9.48 Å². The highest BCUT2D eigenvalue weighted by Gasteiger charge is 2.46. The van der Waals surface area contributed by atoms with Crippen LogP contribution in [-0.2, 0) is 12.1 Å². The highest BCUT2D eigenvalue weighted by molar-refractivity contribution is 6.08. The minimum absolute atomic E-state index is 0.173. The quantitative estimate of drug-likeness (QED) is 0.229. The van der Waals surface area contributed by atoms with E-state index >= 15 is 0 Å². The summed E-state index contributed by atoms with van der Waals surface area (Å²) in [6.45, 7) is 0.529. The van der Waals surface area contributed by atoms with Gasteiger partial charge in [-0.25, -0.2) is 4.79 Å². The van der Waals surface area contributed by atoms with E-state index in [1.54, 1.807) is 24.3 Å². The first-order chi connectivity index (χ1) is 20.0. The van der Waals surface area contributed by atoms with Crippen molar-refractivity contribution >= 4 is 33.6 Å². The van der Waals surface area contributed by atoms with Gasteiger partial charge in [-0.1, -0.05) is 78.9 Å². The van der Waals surface area contributed by atoms with Gasteiger partial charge in [0.05, 0.1) is 34.9 Å². The molecule has 0 bridgehead atoms. The Morgan fingerprint density at radius 1 is 0.780 bits per heavy atom. The van der Waals surface area contributed by atoms with E-state index in [2.05, 4.69) is 41.7 Å².